The van der Waals surface area contributed by atoms with Crippen molar-refractivity contribution in [3.63, 3.8) is 0 Å². The number of carboxylic acids is 1. The molecule has 0 saturated heterocycles. The highest BCUT2D eigenvalue weighted by atomic mass is 16.4. The van der Waals surface area contributed by atoms with Gasteiger partial charge in [-0.2, -0.15) is 0 Å². The summed E-state index contributed by atoms with van der Waals surface area (Å²) in [5.41, 5.74) is 0. The fourth-order valence-electron chi connectivity index (χ4n) is 3.16. The molecule has 2 unspecified atom stereocenters. The number of carboxylic acid groups (broad SMARTS) is 1. The Hall–Kier alpha value is -1.06. The van der Waals surface area contributed by atoms with Gasteiger partial charge in [0.2, 0.25) is 5.91 Å². The lowest BCUT2D eigenvalue weighted by atomic mass is 9.95. The lowest BCUT2D eigenvalue weighted by Crippen LogP contribution is -2.40. The third-order valence-electron chi connectivity index (χ3n) is 4.52. The molecule has 1 rings (SSSR count). The molecule has 0 aromatic rings. The van der Waals surface area contributed by atoms with Gasteiger partial charge >= 0.3 is 5.97 Å². The van der Waals surface area contributed by atoms with Gasteiger partial charge in [0.25, 0.3) is 0 Å². The lowest BCUT2D eigenvalue weighted by Gasteiger charge is -2.19. The van der Waals surface area contributed by atoms with E-state index in [0.717, 1.165) is 25.7 Å². The first-order valence-electron chi connectivity index (χ1n) is 8.02. The number of carbonyl (C=O) groups excluding carboxylic acids is 1. The van der Waals surface area contributed by atoms with Crippen LogP contribution in [0, 0.1) is 17.8 Å². The first-order chi connectivity index (χ1) is 9.49. The van der Waals surface area contributed by atoms with Crippen LogP contribution in [0.3, 0.4) is 0 Å². The van der Waals surface area contributed by atoms with Gasteiger partial charge in [0.1, 0.15) is 0 Å². The highest BCUT2D eigenvalue weighted by Gasteiger charge is 2.42. The van der Waals surface area contributed by atoms with Crippen molar-refractivity contribution in [1.82, 2.24) is 5.32 Å². The molecule has 1 amide bonds. The standard InChI is InChI=1S/C16H29NO3/c1-4-6-7-8-11(3)17-15(18)13-9-12(5-2)10-14(13)16(19)20/h11-14H,4-10H2,1-3H3,(H,17,18)(H,19,20)/t11?,12?,13-,14+/m0/s1. The molecule has 1 aliphatic rings. The predicted octanol–water partition coefficient (Wildman–Crippen LogP) is 3.21. The lowest BCUT2D eigenvalue weighted by molar-refractivity contribution is -0.146. The average Bonchev–Trinajstić information content (AvgIpc) is 2.83. The normalized spacial score (nSPS) is 27.2. The van der Waals surface area contributed by atoms with Crippen molar-refractivity contribution < 1.29 is 14.7 Å². The van der Waals surface area contributed by atoms with Crippen molar-refractivity contribution in [2.75, 3.05) is 0 Å². The Balaban J connectivity index is 2.50. The van der Waals surface area contributed by atoms with Crippen molar-refractivity contribution in [2.24, 2.45) is 17.8 Å². The molecule has 0 spiro atoms. The summed E-state index contributed by atoms with van der Waals surface area (Å²) in [4.78, 5) is 23.6. The maximum absolute atomic E-state index is 12.3. The van der Waals surface area contributed by atoms with Crippen LogP contribution in [0.2, 0.25) is 0 Å². The van der Waals surface area contributed by atoms with Gasteiger partial charge in [-0.25, -0.2) is 0 Å². The molecule has 0 radical (unpaired) electrons. The molecule has 4 heteroatoms. The molecular weight excluding hydrogens is 254 g/mol. The zero-order chi connectivity index (χ0) is 15.1. The van der Waals surface area contributed by atoms with Crippen LogP contribution >= 0.6 is 0 Å². The smallest absolute Gasteiger partial charge is 0.307 e. The fourth-order valence-corrected chi connectivity index (χ4v) is 3.16. The maximum Gasteiger partial charge on any atom is 0.307 e. The number of amides is 1. The van der Waals surface area contributed by atoms with E-state index in [1.165, 1.54) is 12.8 Å². The van der Waals surface area contributed by atoms with E-state index < -0.39 is 11.9 Å². The van der Waals surface area contributed by atoms with E-state index in [-0.39, 0.29) is 17.9 Å². The summed E-state index contributed by atoms with van der Waals surface area (Å²) in [5, 5.41) is 12.3. The minimum Gasteiger partial charge on any atom is -0.481 e. The number of unbranched alkanes of at least 4 members (excludes halogenated alkanes) is 2. The van der Waals surface area contributed by atoms with Crippen molar-refractivity contribution in [1.29, 1.82) is 0 Å². The van der Waals surface area contributed by atoms with Crippen molar-refractivity contribution in [3.8, 4) is 0 Å². The first kappa shape index (κ1) is 17.0. The van der Waals surface area contributed by atoms with Gasteiger partial charge in [-0.15, -0.1) is 0 Å². The van der Waals surface area contributed by atoms with E-state index in [2.05, 4.69) is 19.2 Å². The maximum atomic E-state index is 12.3. The molecule has 1 aliphatic carbocycles. The van der Waals surface area contributed by atoms with Crippen molar-refractivity contribution in [2.45, 2.75) is 71.8 Å². The summed E-state index contributed by atoms with van der Waals surface area (Å²) in [7, 11) is 0. The predicted molar refractivity (Wildman–Crippen MR) is 79.4 cm³/mol. The average molecular weight is 283 g/mol. The van der Waals surface area contributed by atoms with E-state index >= 15 is 0 Å². The summed E-state index contributed by atoms with van der Waals surface area (Å²) in [6, 6.07) is 0.143. The van der Waals surface area contributed by atoms with Crippen LogP contribution in [0.25, 0.3) is 0 Å². The van der Waals surface area contributed by atoms with Crippen LogP contribution < -0.4 is 5.32 Å². The SMILES string of the molecule is CCCCCC(C)NC(=O)[C@H]1CC(CC)C[C@H]1C(=O)O. The molecule has 4 atom stereocenters. The molecule has 20 heavy (non-hydrogen) atoms. The quantitative estimate of drug-likeness (QED) is 0.672. The van der Waals surface area contributed by atoms with Gasteiger partial charge < -0.3 is 10.4 Å². The number of rotatable bonds is 8. The molecule has 1 fully saturated rings. The Labute approximate surface area is 122 Å². The number of hydrogen-bond donors (Lipinski definition) is 2. The summed E-state index contributed by atoms with van der Waals surface area (Å²) in [6.07, 6.45) is 6.76. The number of hydrogen-bond acceptors (Lipinski definition) is 2. The highest BCUT2D eigenvalue weighted by Crippen LogP contribution is 2.38. The Morgan fingerprint density at radius 3 is 2.40 bits per heavy atom. The van der Waals surface area contributed by atoms with Gasteiger partial charge in [-0.3, -0.25) is 9.59 Å². The van der Waals surface area contributed by atoms with Crippen molar-refractivity contribution >= 4 is 11.9 Å². The van der Waals surface area contributed by atoms with Crippen LogP contribution in [0.4, 0.5) is 0 Å². The Bertz CT molecular complexity index is 330. The number of aliphatic carboxylic acids is 1. The zero-order valence-electron chi connectivity index (χ0n) is 13.0. The van der Waals surface area contributed by atoms with Crippen molar-refractivity contribution in [3.05, 3.63) is 0 Å². The molecule has 0 aromatic heterocycles. The van der Waals surface area contributed by atoms with Gasteiger partial charge in [0.05, 0.1) is 11.8 Å². The molecule has 0 aromatic carbocycles. The molecule has 0 aliphatic heterocycles. The Kier molecular flexibility index (Phi) is 7.03. The molecule has 0 heterocycles. The third kappa shape index (κ3) is 4.80. The van der Waals surface area contributed by atoms with Crippen LogP contribution in [0.1, 0.15) is 65.7 Å². The second kappa shape index (κ2) is 8.28. The van der Waals surface area contributed by atoms with Crippen LogP contribution in [0.15, 0.2) is 0 Å². The topological polar surface area (TPSA) is 66.4 Å². The third-order valence-corrected chi connectivity index (χ3v) is 4.52. The van der Waals surface area contributed by atoms with Gasteiger partial charge in [-0.1, -0.05) is 39.5 Å². The largest absolute Gasteiger partial charge is 0.481 e. The highest BCUT2D eigenvalue weighted by molar-refractivity contribution is 5.85. The monoisotopic (exact) mass is 283 g/mol. The summed E-state index contributed by atoms with van der Waals surface area (Å²) >= 11 is 0. The van der Waals surface area contributed by atoms with E-state index in [1.54, 1.807) is 0 Å². The zero-order valence-corrected chi connectivity index (χ0v) is 13.0. The van der Waals surface area contributed by atoms with Gasteiger partial charge in [0.15, 0.2) is 0 Å². The fraction of sp³-hybridized carbons (Fsp3) is 0.875. The summed E-state index contributed by atoms with van der Waals surface area (Å²) in [6.45, 7) is 6.23. The second-order valence-electron chi connectivity index (χ2n) is 6.20. The molecule has 0 bridgehead atoms. The molecular formula is C16H29NO3. The first-order valence-corrected chi connectivity index (χ1v) is 8.02. The summed E-state index contributed by atoms with van der Waals surface area (Å²) < 4.78 is 0. The molecule has 1 saturated carbocycles. The molecule has 4 nitrogen and oxygen atoms in total. The molecule has 116 valence electrons. The van der Waals surface area contributed by atoms with E-state index in [0.29, 0.717) is 12.3 Å². The second-order valence-corrected chi connectivity index (χ2v) is 6.20. The molecule has 2 N–H and O–H groups in total. The number of nitrogens with one attached hydrogen (secondary N) is 1. The Morgan fingerprint density at radius 1 is 1.20 bits per heavy atom. The van der Waals surface area contributed by atoms with Gasteiger partial charge in [0, 0.05) is 6.04 Å². The van der Waals surface area contributed by atoms with E-state index in [1.807, 2.05) is 6.92 Å². The minimum absolute atomic E-state index is 0.0580. The van der Waals surface area contributed by atoms with E-state index in [9.17, 15) is 14.7 Å². The van der Waals surface area contributed by atoms with Crippen LogP contribution in [0.5, 0.6) is 0 Å². The minimum atomic E-state index is -0.820. The number of carbonyl (C=O) groups is 2. The summed E-state index contributed by atoms with van der Waals surface area (Å²) in [5.74, 6) is -1.34. The van der Waals surface area contributed by atoms with Crippen LogP contribution in [-0.2, 0) is 9.59 Å². The van der Waals surface area contributed by atoms with E-state index in [4.69, 9.17) is 0 Å². The van der Waals surface area contributed by atoms with Gasteiger partial charge in [-0.05, 0) is 32.1 Å². The Morgan fingerprint density at radius 2 is 1.85 bits per heavy atom. The van der Waals surface area contributed by atoms with Crippen LogP contribution in [-0.4, -0.2) is 23.0 Å².